The fraction of sp³-hybridized carbons (Fsp3) is 0.250. The van der Waals surface area contributed by atoms with Crippen LogP contribution in [-0.4, -0.2) is 16.2 Å². The van der Waals surface area contributed by atoms with Crippen LogP contribution in [0.15, 0.2) is 36.4 Å². The molecular weight excluding hydrogens is 192 g/mol. The fourth-order valence-corrected chi connectivity index (χ4v) is 1.49. The van der Waals surface area contributed by atoms with Gasteiger partial charge in [-0.3, -0.25) is 4.79 Å². The van der Waals surface area contributed by atoms with Crippen LogP contribution in [0.3, 0.4) is 0 Å². The number of carboxylic acids is 1. The summed E-state index contributed by atoms with van der Waals surface area (Å²) in [6.45, 7) is 5.56. The van der Waals surface area contributed by atoms with Crippen molar-refractivity contribution in [3.63, 3.8) is 0 Å². The van der Waals surface area contributed by atoms with Crippen molar-refractivity contribution in [2.75, 3.05) is 0 Å². The summed E-state index contributed by atoms with van der Waals surface area (Å²) in [7, 11) is 0. The molecule has 1 aromatic rings. The van der Waals surface area contributed by atoms with Crippen LogP contribution in [0.5, 0.6) is 5.75 Å². The Balaban J connectivity index is 2.98. The third-order valence-corrected chi connectivity index (χ3v) is 2.25. The molecule has 1 aromatic carbocycles. The van der Waals surface area contributed by atoms with Crippen LogP contribution in [0.1, 0.15) is 24.8 Å². The summed E-state index contributed by atoms with van der Waals surface area (Å²) in [6.07, 6.45) is -0.00120. The van der Waals surface area contributed by atoms with E-state index in [4.69, 9.17) is 5.11 Å². The summed E-state index contributed by atoms with van der Waals surface area (Å²) < 4.78 is 0. The molecule has 80 valence electrons. The number of hydrogen-bond acceptors (Lipinski definition) is 2. The van der Waals surface area contributed by atoms with E-state index in [9.17, 15) is 9.90 Å². The molecule has 0 unspecified atom stereocenters. The van der Waals surface area contributed by atoms with Crippen LogP contribution < -0.4 is 0 Å². The van der Waals surface area contributed by atoms with Crippen molar-refractivity contribution in [2.24, 2.45) is 0 Å². The van der Waals surface area contributed by atoms with Crippen LogP contribution in [-0.2, 0) is 4.79 Å². The van der Waals surface area contributed by atoms with Crippen molar-refractivity contribution in [3.8, 4) is 5.75 Å². The minimum Gasteiger partial charge on any atom is -0.508 e. The maximum absolute atomic E-state index is 10.7. The molecule has 0 saturated carbocycles. The minimum absolute atomic E-state index is 0.00120. The van der Waals surface area contributed by atoms with Gasteiger partial charge in [0.05, 0.1) is 6.42 Å². The van der Waals surface area contributed by atoms with Crippen molar-refractivity contribution in [2.45, 2.75) is 19.3 Å². The largest absolute Gasteiger partial charge is 0.508 e. The quantitative estimate of drug-likeness (QED) is 0.744. The average molecular weight is 206 g/mol. The summed E-state index contributed by atoms with van der Waals surface area (Å²) >= 11 is 0. The summed E-state index contributed by atoms with van der Waals surface area (Å²) in [5.74, 6) is -0.968. The predicted molar refractivity (Wildman–Crippen MR) is 57.9 cm³/mol. The van der Waals surface area contributed by atoms with E-state index in [1.165, 1.54) is 0 Å². The molecule has 0 aliphatic carbocycles. The lowest BCUT2D eigenvalue weighted by atomic mass is 9.90. The zero-order valence-electron chi connectivity index (χ0n) is 8.60. The van der Waals surface area contributed by atoms with Crippen molar-refractivity contribution < 1.29 is 15.0 Å². The highest BCUT2D eigenvalue weighted by atomic mass is 16.4. The zero-order valence-corrected chi connectivity index (χ0v) is 8.60. The van der Waals surface area contributed by atoms with E-state index in [2.05, 4.69) is 6.58 Å². The molecule has 0 fully saturated rings. The van der Waals surface area contributed by atoms with Crippen LogP contribution in [0.4, 0.5) is 0 Å². The molecular formula is C12H14O3. The third-order valence-electron chi connectivity index (χ3n) is 2.25. The van der Waals surface area contributed by atoms with E-state index >= 15 is 0 Å². The van der Waals surface area contributed by atoms with Crippen LogP contribution >= 0.6 is 0 Å². The Hall–Kier alpha value is -1.77. The van der Waals surface area contributed by atoms with Crippen molar-refractivity contribution in [1.82, 2.24) is 0 Å². The highest BCUT2D eigenvalue weighted by Gasteiger charge is 2.16. The van der Waals surface area contributed by atoms with Gasteiger partial charge >= 0.3 is 5.97 Å². The summed E-state index contributed by atoms with van der Waals surface area (Å²) in [5, 5.41) is 18.1. The Kier molecular flexibility index (Phi) is 3.50. The van der Waals surface area contributed by atoms with Gasteiger partial charge in [-0.2, -0.15) is 0 Å². The van der Waals surface area contributed by atoms with Gasteiger partial charge < -0.3 is 10.2 Å². The first-order chi connectivity index (χ1) is 7.00. The number of aliphatic carboxylic acids is 1. The lowest BCUT2D eigenvalue weighted by molar-refractivity contribution is -0.137. The summed E-state index contributed by atoms with van der Waals surface area (Å²) in [6, 6.07) is 6.62. The molecule has 0 aromatic heterocycles. The molecule has 1 atom stereocenters. The average Bonchev–Trinajstić information content (AvgIpc) is 2.13. The van der Waals surface area contributed by atoms with Gasteiger partial charge in [0.2, 0.25) is 0 Å². The zero-order chi connectivity index (χ0) is 11.4. The second kappa shape index (κ2) is 4.64. The number of allylic oxidation sites excluding steroid dienone is 1. The first-order valence-electron chi connectivity index (χ1n) is 4.67. The van der Waals surface area contributed by atoms with E-state index in [1.54, 1.807) is 31.2 Å². The summed E-state index contributed by atoms with van der Waals surface area (Å²) in [4.78, 5) is 10.7. The molecule has 0 saturated heterocycles. The Morgan fingerprint density at radius 3 is 2.67 bits per heavy atom. The van der Waals surface area contributed by atoms with Gasteiger partial charge in [-0.25, -0.2) is 0 Å². The number of benzene rings is 1. The van der Waals surface area contributed by atoms with Crippen molar-refractivity contribution >= 4 is 5.97 Å². The molecule has 2 N–H and O–H groups in total. The normalized spacial score (nSPS) is 12.1. The smallest absolute Gasteiger partial charge is 0.304 e. The number of carboxylic acid groups (broad SMARTS) is 1. The van der Waals surface area contributed by atoms with E-state index < -0.39 is 5.97 Å². The van der Waals surface area contributed by atoms with Gasteiger partial charge in [-0.15, -0.1) is 0 Å². The van der Waals surface area contributed by atoms with Gasteiger partial charge in [0, 0.05) is 5.92 Å². The Bertz CT molecular complexity index is 382. The third kappa shape index (κ3) is 3.13. The van der Waals surface area contributed by atoms with E-state index in [-0.39, 0.29) is 18.1 Å². The molecule has 0 aliphatic heterocycles. The van der Waals surface area contributed by atoms with Gasteiger partial charge in [0.25, 0.3) is 0 Å². The van der Waals surface area contributed by atoms with E-state index in [0.717, 1.165) is 11.1 Å². The highest BCUT2D eigenvalue weighted by Crippen LogP contribution is 2.28. The summed E-state index contributed by atoms with van der Waals surface area (Å²) in [5.41, 5.74) is 1.56. The first-order valence-corrected chi connectivity index (χ1v) is 4.67. The molecule has 0 bridgehead atoms. The second-order valence-corrected chi connectivity index (χ2v) is 3.59. The standard InChI is InChI=1S/C12H14O3/c1-8(2)11(7-12(14)15)9-4-3-5-10(13)6-9/h3-6,11,13H,1,7H2,2H3,(H,14,15)/t11-/m0/s1. The lowest BCUT2D eigenvalue weighted by Gasteiger charge is -2.15. The molecule has 15 heavy (non-hydrogen) atoms. The van der Waals surface area contributed by atoms with Crippen LogP contribution in [0, 0.1) is 0 Å². The molecule has 0 aliphatic rings. The number of phenolic OH excluding ortho intramolecular Hbond substituents is 1. The van der Waals surface area contributed by atoms with Crippen LogP contribution in [0.2, 0.25) is 0 Å². The van der Waals surface area contributed by atoms with Gasteiger partial charge in [-0.05, 0) is 24.6 Å². The van der Waals surface area contributed by atoms with Gasteiger partial charge in [-0.1, -0.05) is 24.3 Å². The Labute approximate surface area is 88.7 Å². The molecule has 0 amide bonds. The number of hydrogen-bond donors (Lipinski definition) is 2. The number of phenols is 1. The fourth-order valence-electron chi connectivity index (χ4n) is 1.49. The van der Waals surface area contributed by atoms with E-state index in [0.29, 0.717) is 0 Å². The molecule has 0 heterocycles. The van der Waals surface area contributed by atoms with Gasteiger partial charge in [0.1, 0.15) is 5.75 Å². The topological polar surface area (TPSA) is 57.5 Å². The molecule has 3 heteroatoms. The highest BCUT2D eigenvalue weighted by molar-refractivity contribution is 5.68. The number of carbonyl (C=O) groups is 1. The Morgan fingerprint density at radius 2 is 2.20 bits per heavy atom. The minimum atomic E-state index is -0.869. The maximum atomic E-state index is 10.7. The van der Waals surface area contributed by atoms with Crippen molar-refractivity contribution in [1.29, 1.82) is 0 Å². The monoisotopic (exact) mass is 206 g/mol. The molecule has 3 nitrogen and oxygen atoms in total. The maximum Gasteiger partial charge on any atom is 0.304 e. The number of rotatable bonds is 4. The number of aromatic hydroxyl groups is 1. The predicted octanol–water partition coefficient (Wildman–Crippen LogP) is 2.53. The lowest BCUT2D eigenvalue weighted by Crippen LogP contribution is -2.07. The first kappa shape index (κ1) is 11.3. The molecule has 0 spiro atoms. The van der Waals surface area contributed by atoms with Gasteiger partial charge in [0.15, 0.2) is 0 Å². The Morgan fingerprint density at radius 1 is 1.53 bits per heavy atom. The SMILES string of the molecule is C=C(C)[C@H](CC(=O)O)c1cccc(O)c1. The molecule has 1 rings (SSSR count). The molecule has 0 radical (unpaired) electrons. The van der Waals surface area contributed by atoms with Crippen LogP contribution in [0.25, 0.3) is 0 Å². The second-order valence-electron chi connectivity index (χ2n) is 3.59. The van der Waals surface area contributed by atoms with Crippen molar-refractivity contribution in [3.05, 3.63) is 42.0 Å². The van der Waals surface area contributed by atoms with E-state index in [1.807, 2.05) is 0 Å².